The molecule has 1 heterocycles. The Kier molecular flexibility index (Phi) is 3.90. The zero-order chi connectivity index (χ0) is 15.5. The Labute approximate surface area is 129 Å². The molecule has 2 aromatic carbocycles. The molecule has 0 saturated heterocycles. The fourth-order valence-electron chi connectivity index (χ4n) is 3.00. The summed E-state index contributed by atoms with van der Waals surface area (Å²) in [5, 5.41) is 9.00. The van der Waals surface area contributed by atoms with E-state index in [1.54, 1.807) is 6.07 Å². The van der Waals surface area contributed by atoms with E-state index in [1.165, 1.54) is 11.1 Å². The Hall–Kier alpha value is -2.64. The molecule has 1 amide bonds. The molecular formula is C18H17N3O. The van der Waals surface area contributed by atoms with Crippen molar-refractivity contribution < 1.29 is 4.79 Å². The van der Waals surface area contributed by atoms with E-state index in [9.17, 15) is 4.79 Å². The number of hydrogen-bond donors (Lipinski definition) is 1. The standard InChI is InChI=1S/C18H17N3O/c19-10-13-4-3-5-14(8-13)11-21-12-16-7-2-1-6-15(16)9-17(21)18(20)22/h1-8,17H,9,11-12H2,(H2,20,22)/t17-/m0/s1. The number of amides is 1. The highest BCUT2D eigenvalue weighted by molar-refractivity contribution is 5.80. The number of hydrogen-bond acceptors (Lipinski definition) is 3. The van der Waals surface area contributed by atoms with E-state index in [2.05, 4.69) is 23.1 Å². The zero-order valence-corrected chi connectivity index (χ0v) is 12.2. The lowest BCUT2D eigenvalue weighted by atomic mass is 9.93. The molecule has 0 spiro atoms. The van der Waals surface area contributed by atoms with Crippen LogP contribution in [0.5, 0.6) is 0 Å². The summed E-state index contributed by atoms with van der Waals surface area (Å²) in [5.41, 5.74) is 9.66. The first-order valence-corrected chi connectivity index (χ1v) is 7.26. The molecule has 0 radical (unpaired) electrons. The highest BCUT2D eigenvalue weighted by Crippen LogP contribution is 2.25. The van der Waals surface area contributed by atoms with Crippen LogP contribution in [0.15, 0.2) is 48.5 Å². The molecule has 1 aliphatic heterocycles. The van der Waals surface area contributed by atoms with Gasteiger partial charge in [0.2, 0.25) is 5.91 Å². The van der Waals surface area contributed by atoms with Gasteiger partial charge in [-0.1, -0.05) is 36.4 Å². The molecule has 1 atom stereocenters. The Morgan fingerprint density at radius 2 is 2.00 bits per heavy atom. The molecular weight excluding hydrogens is 274 g/mol. The molecule has 0 bridgehead atoms. The number of benzene rings is 2. The summed E-state index contributed by atoms with van der Waals surface area (Å²) in [6.07, 6.45) is 0.642. The van der Waals surface area contributed by atoms with E-state index < -0.39 is 0 Å². The summed E-state index contributed by atoms with van der Waals surface area (Å²) >= 11 is 0. The van der Waals surface area contributed by atoms with Crippen molar-refractivity contribution >= 4 is 5.91 Å². The average Bonchev–Trinajstić information content (AvgIpc) is 2.54. The second kappa shape index (κ2) is 6.00. The smallest absolute Gasteiger partial charge is 0.235 e. The third-order valence-electron chi connectivity index (χ3n) is 4.12. The molecule has 3 rings (SSSR count). The lowest BCUT2D eigenvalue weighted by Crippen LogP contribution is -2.48. The maximum Gasteiger partial charge on any atom is 0.235 e. The van der Waals surface area contributed by atoms with Crippen LogP contribution < -0.4 is 5.73 Å². The van der Waals surface area contributed by atoms with Crippen LogP contribution in [0.3, 0.4) is 0 Å². The second-order valence-corrected chi connectivity index (χ2v) is 5.61. The third kappa shape index (κ3) is 2.85. The van der Waals surface area contributed by atoms with Gasteiger partial charge in [-0.25, -0.2) is 0 Å². The first-order chi connectivity index (χ1) is 10.7. The first-order valence-electron chi connectivity index (χ1n) is 7.26. The number of nitriles is 1. The molecule has 22 heavy (non-hydrogen) atoms. The van der Waals surface area contributed by atoms with Crippen molar-refractivity contribution in [2.24, 2.45) is 5.73 Å². The molecule has 4 heteroatoms. The summed E-state index contributed by atoms with van der Waals surface area (Å²) in [6.45, 7) is 1.30. The molecule has 0 unspecified atom stereocenters. The normalized spacial score (nSPS) is 17.5. The molecule has 1 aliphatic rings. The first kappa shape index (κ1) is 14.3. The molecule has 0 fully saturated rings. The second-order valence-electron chi connectivity index (χ2n) is 5.61. The summed E-state index contributed by atoms with van der Waals surface area (Å²) in [4.78, 5) is 13.9. The number of fused-ring (bicyclic) bond motifs is 1. The lowest BCUT2D eigenvalue weighted by Gasteiger charge is -2.35. The fraction of sp³-hybridized carbons (Fsp3) is 0.222. The van der Waals surface area contributed by atoms with Crippen LogP contribution in [0.2, 0.25) is 0 Å². The maximum absolute atomic E-state index is 11.8. The number of primary amides is 1. The predicted octanol–water partition coefficient (Wildman–Crippen LogP) is 1.97. The topological polar surface area (TPSA) is 70.1 Å². The van der Waals surface area contributed by atoms with Gasteiger partial charge in [-0.3, -0.25) is 9.69 Å². The highest BCUT2D eigenvalue weighted by atomic mass is 16.1. The van der Waals surface area contributed by atoms with Crippen LogP contribution in [0, 0.1) is 11.3 Å². The lowest BCUT2D eigenvalue weighted by molar-refractivity contribution is -0.124. The summed E-state index contributed by atoms with van der Waals surface area (Å²) < 4.78 is 0. The van der Waals surface area contributed by atoms with Gasteiger partial charge in [0.1, 0.15) is 0 Å². The van der Waals surface area contributed by atoms with Gasteiger partial charge in [-0.15, -0.1) is 0 Å². The molecule has 110 valence electrons. The Bertz CT molecular complexity index is 748. The van der Waals surface area contributed by atoms with E-state index in [4.69, 9.17) is 11.0 Å². The fourth-order valence-corrected chi connectivity index (χ4v) is 3.00. The monoisotopic (exact) mass is 291 g/mol. The van der Waals surface area contributed by atoms with Crippen LogP contribution in [0.25, 0.3) is 0 Å². The van der Waals surface area contributed by atoms with E-state index in [0.717, 1.165) is 5.56 Å². The number of carbonyl (C=O) groups excluding carboxylic acids is 1. The van der Waals surface area contributed by atoms with Gasteiger partial charge in [0.25, 0.3) is 0 Å². The Morgan fingerprint density at radius 1 is 1.23 bits per heavy atom. The van der Waals surface area contributed by atoms with E-state index in [0.29, 0.717) is 25.1 Å². The number of rotatable bonds is 3. The van der Waals surface area contributed by atoms with Gasteiger partial charge in [-0.2, -0.15) is 5.26 Å². The Morgan fingerprint density at radius 3 is 2.73 bits per heavy atom. The zero-order valence-electron chi connectivity index (χ0n) is 12.2. The van der Waals surface area contributed by atoms with Gasteiger partial charge < -0.3 is 5.73 Å². The molecule has 2 N–H and O–H groups in total. The van der Waals surface area contributed by atoms with Crippen LogP contribution in [0.1, 0.15) is 22.3 Å². The van der Waals surface area contributed by atoms with Crippen LogP contribution in [0.4, 0.5) is 0 Å². The van der Waals surface area contributed by atoms with Crippen molar-refractivity contribution in [3.05, 3.63) is 70.8 Å². The summed E-state index contributed by atoms with van der Waals surface area (Å²) in [7, 11) is 0. The van der Waals surface area contributed by atoms with Gasteiger partial charge in [0.05, 0.1) is 17.7 Å². The highest BCUT2D eigenvalue weighted by Gasteiger charge is 2.29. The SMILES string of the molecule is N#Cc1cccc(CN2Cc3ccccc3C[C@H]2C(N)=O)c1. The third-order valence-corrected chi connectivity index (χ3v) is 4.12. The molecule has 0 aliphatic carbocycles. The van der Waals surface area contributed by atoms with Gasteiger partial charge in [0, 0.05) is 13.1 Å². The van der Waals surface area contributed by atoms with Crippen molar-refractivity contribution in [2.45, 2.75) is 25.6 Å². The van der Waals surface area contributed by atoms with Gasteiger partial charge >= 0.3 is 0 Å². The van der Waals surface area contributed by atoms with Crippen molar-refractivity contribution in [3.8, 4) is 6.07 Å². The van der Waals surface area contributed by atoms with E-state index in [1.807, 2.05) is 30.3 Å². The number of carbonyl (C=O) groups is 1. The molecule has 4 nitrogen and oxygen atoms in total. The Balaban J connectivity index is 1.88. The summed E-state index contributed by atoms with van der Waals surface area (Å²) in [6, 6.07) is 17.5. The average molecular weight is 291 g/mol. The largest absolute Gasteiger partial charge is 0.368 e. The number of nitrogens with zero attached hydrogens (tertiary/aromatic N) is 2. The number of nitrogens with two attached hydrogens (primary N) is 1. The van der Waals surface area contributed by atoms with Crippen molar-refractivity contribution in [1.29, 1.82) is 5.26 Å². The van der Waals surface area contributed by atoms with E-state index >= 15 is 0 Å². The van der Waals surface area contributed by atoms with Crippen molar-refractivity contribution in [1.82, 2.24) is 4.90 Å². The molecule has 0 saturated carbocycles. The minimum absolute atomic E-state index is 0.300. The quantitative estimate of drug-likeness (QED) is 0.940. The minimum Gasteiger partial charge on any atom is -0.368 e. The maximum atomic E-state index is 11.8. The van der Waals surface area contributed by atoms with Crippen molar-refractivity contribution in [2.75, 3.05) is 0 Å². The molecule has 2 aromatic rings. The van der Waals surface area contributed by atoms with Gasteiger partial charge in [-0.05, 0) is 35.2 Å². The van der Waals surface area contributed by atoms with Crippen LogP contribution in [-0.4, -0.2) is 16.8 Å². The van der Waals surface area contributed by atoms with Gasteiger partial charge in [0.15, 0.2) is 0 Å². The van der Waals surface area contributed by atoms with Crippen molar-refractivity contribution in [3.63, 3.8) is 0 Å². The summed E-state index contributed by atoms with van der Waals surface area (Å²) in [5.74, 6) is -0.300. The predicted molar refractivity (Wildman–Crippen MR) is 83.5 cm³/mol. The van der Waals surface area contributed by atoms with Crippen LogP contribution in [-0.2, 0) is 24.3 Å². The molecule has 0 aromatic heterocycles. The minimum atomic E-state index is -0.305. The van der Waals surface area contributed by atoms with Crippen LogP contribution >= 0.6 is 0 Å². The van der Waals surface area contributed by atoms with E-state index in [-0.39, 0.29) is 11.9 Å².